The van der Waals surface area contributed by atoms with E-state index in [9.17, 15) is 4.79 Å². The number of halogens is 2. The molecule has 1 fully saturated rings. The zero-order chi connectivity index (χ0) is 18.4. The van der Waals surface area contributed by atoms with Crippen LogP contribution in [-0.2, 0) is 0 Å². The minimum atomic E-state index is 0.103. The summed E-state index contributed by atoms with van der Waals surface area (Å²) in [6.45, 7) is 4.56. The van der Waals surface area contributed by atoms with E-state index in [0.717, 1.165) is 44.7 Å². The summed E-state index contributed by atoms with van der Waals surface area (Å²) >= 11 is 12.2. The molecule has 0 N–H and O–H groups in total. The van der Waals surface area contributed by atoms with Gasteiger partial charge in [0, 0.05) is 38.3 Å². The fraction of sp³-hybridized carbons (Fsp3) is 0.350. The molecule has 26 heavy (non-hydrogen) atoms. The summed E-state index contributed by atoms with van der Waals surface area (Å²) in [4.78, 5) is 16.8. The van der Waals surface area contributed by atoms with Crippen molar-refractivity contribution in [1.29, 1.82) is 0 Å². The van der Waals surface area contributed by atoms with E-state index in [-0.39, 0.29) is 5.91 Å². The molecule has 0 unspecified atom stereocenters. The number of carbonyl (C=O) groups excluding carboxylic acids is 1. The lowest BCUT2D eigenvalue weighted by atomic mass is 10.2. The summed E-state index contributed by atoms with van der Waals surface area (Å²) in [6.07, 6.45) is 0.950. The number of hydrogen-bond acceptors (Lipinski definition) is 3. The third kappa shape index (κ3) is 4.91. The van der Waals surface area contributed by atoms with Crippen LogP contribution in [0.25, 0.3) is 0 Å². The van der Waals surface area contributed by atoms with Crippen molar-refractivity contribution in [2.45, 2.75) is 6.42 Å². The molecular weight excluding hydrogens is 371 g/mol. The summed E-state index contributed by atoms with van der Waals surface area (Å²) in [7, 11) is 0. The second kappa shape index (κ2) is 9.26. The van der Waals surface area contributed by atoms with Gasteiger partial charge in [0.2, 0.25) is 0 Å². The lowest BCUT2D eigenvalue weighted by Gasteiger charge is -2.22. The molecule has 0 spiro atoms. The monoisotopic (exact) mass is 392 g/mol. The van der Waals surface area contributed by atoms with Crippen LogP contribution in [0.15, 0.2) is 48.5 Å². The molecule has 4 nitrogen and oxygen atoms in total. The Morgan fingerprint density at radius 3 is 2.38 bits per heavy atom. The number of rotatable bonds is 5. The lowest BCUT2D eigenvalue weighted by Crippen LogP contribution is -2.36. The number of hydrogen-bond donors (Lipinski definition) is 0. The maximum atomic E-state index is 12.6. The number of benzene rings is 2. The Labute approximate surface area is 164 Å². The second-order valence-electron chi connectivity index (χ2n) is 6.25. The Balaban J connectivity index is 1.49. The van der Waals surface area contributed by atoms with Gasteiger partial charge in [-0.25, -0.2) is 0 Å². The minimum absolute atomic E-state index is 0.103. The van der Waals surface area contributed by atoms with Crippen LogP contribution in [0, 0.1) is 0 Å². The molecule has 0 saturated carbocycles. The van der Waals surface area contributed by atoms with Crippen LogP contribution in [0.1, 0.15) is 16.8 Å². The van der Waals surface area contributed by atoms with Gasteiger partial charge in [0.1, 0.15) is 6.61 Å². The molecule has 0 atom stereocenters. The molecule has 1 amide bonds. The summed E-state index contributed by atoms with van der Waals surface area (Å²) in [5.74, 6) is 0.637. The standard InChI is InChI=1S/C20H22Cl2N2O2/c21-17-8-4-9-18(22)19(17)26-15-14-23-10-5-11-24(13-12-23)20(25)16-6-2-1-3-7-16/h1-4,6-9H,5,10-15H2. The van der Waals surface area contributed by atoms with E-state index in [1.807, 2.05) is 35.2 Å². The van der Waals surface area contributed by atoms with E-state index < -0.39 is 0 Å². The first-order valence-corrected chi connectivity index (χ1v) is 9.54. The highest BCUT2D eigenvalue weighted by molar-refractivity contribution is 6.37. The van der Waals surface area contributed by atoms with Crippen LogP contribution in [0.3, 0.4) is 0 Å². The molecule has 3 rings (SSSR count). The molecule has 1 saturated heterocycles. The van der Waals surface area contributed by atoms with E-state index in [1.54, 1.807) is 18.2 Å². The van der Waals surface area contributed by atoms with Crippen LogP contribution < -0.4 is 4.74 Å². The van der Waals surface area contributed by atoms with Gasteiger partial charge in [-0.05, 0) is 30.7 Å². The smallest absolute Gasteiger partial charge is 0.253 e. The zero-order valence-corrected chi connectivity index (χ0v) is 16.0. The highest BCUT2D eigenvalue weighted by atomic mass is 35.5. The van der Waals surface area contributed by atoms with Crippen LogP contribution in [0.2, 0.25) is 10.0 Å². The Bertz CT molecular complexity index is 720. The number of ether oxygens (including phenoxy) is 1. The first-order valence-electron chi connectivity index (χ1n) is 8.78. The molecule has 2 aromatic carbocycles. The van der Waals surface area contributed by atoms with Crippen molar-refractivity contribution in [2.24, 2.45) is 0 Å². The molecule has 0 bridgehead atoms. The van der Waals surface area contributed by atoms with E-state index in [2.05, 4.69) is 4.90 Å². The van der Waals surface area contributed by atoms with Gasteiger partial charge in [0.05, 0.1) is 10.0 Å². The summed E-state index contributed by atoms with van der Waals surface area (Å²) in [5.41, 5.74) is 0.748. The highest BCUT2D eigenvalue weighted by Crippen LogP contribution is 2.32. The third-order valence-electron chi connectivity index (χ3n) is 4.47. The van der Waals surface area contributed by atoms with Crippen LogP contribution in [-0.4, -0.2) is 55.0 Å². The topological polar surface area (TPSA) is 32.8 Å². The maximum Gasteiger partial charge on any atom is 0.253 e. The fourth-order valence-corrected chi connectivity index (χ4v) is 3.56. The Hall–Kier alpha value is -1.75. The van der Waals surface area contributed by atoms with Gasteiger partial charge >= 0.3 is 0 Å². The zero-order valence-electron chi connectivity index (χ0n) is 14.5. The highest BCUT2D eigenvalue weighted by Gasteiger charge is 2.20. The number of nitrogens with zero attached hydrogens (tertiary/aromatic N) is 2. The van der Waals surface area contributed by atoms with Gasteiger partial charge in [-0.2, -0.15) is 0 Å². The van der Waals surface area contributed by atoms with E-state index in [4.69, 9.17) is 27.9 Å². The normalized spacial score (nSPS) is 15.5. The number of para-hydroxylation sites is 1. The number of carbonyl (C=O) groups is 1. The second-order valence-corrected chi connectivity index (χ2v) is 7.07. The maximum absolute atomic E-state index is 12.6. The molecule has 0 radical (unpaired) electrons. The van der Waals surface area contributed by atoms with Gasteiger partial charge in [0.25, 0.3) is 5.91 Å². The van der Waals surface area contributed by atoms with Gasteiger partial charge in [-0.15, -0.1) is 0 Å². The molecule has 0 aromatic heterocycles. The van der Waals surface area contributed by atoms with Gasteiger partial charge in [0.15, 0.2) is 5.75 Å². The SMILES string of the molecule is O=C(c1ccccc1)N1CCCN(CCOc2c(Cl)cccc2Cl)CC1. The molecule has 6 heteroatoms. The quantitative estimate of drug-likeness (QED) is 0.763. The van der Waals surface area contributed by atoms with Crippen molar-refractivity contribution < 1.29 is 9.53 Å². The first-order chi connectivity index (χ1) is 12.6. The molecular formula is C20H22Cl2N2O2. The van der Waals surface area contributed by atoms with E-state index >= 15 is 0 Å². The molecule has 2 aromatic rings. The van der Waals surface area contributed by atoms with Crippen molar-refractivity contribution in [2.75, 3.05) is 39.3 Å². The summed E-state index contributed by atoms with van der Waals surface area (Å²) < 4.78 is 5.77. The Kier molecular flexibility index (Phi) is 6.78. The van der Waals surface area contributed by atoms with E-state index in [1.165, 1.54) is 0 Å². The molecule has 1 aliphatic heterocycles. The lowest BCUT2D eigenvalue weighted by molar-refractivity contribution is 0.0760. The third-order valence-corrected chi connectivity index (χ3v) is 5.06. The van der Waals surface area contributed by atoms with E-state index in [0.29, 0.717) is 22.4 Å². The van der Waals surface area contributed by atoms with Crippen LogP contribution in [0.4, 0.5) is 0 Å². The van der Waals surface area contributed by atoms with Crippen molar-refractivity contribution in [3.63, 3.8) is 0 Å². The van der Waals surface area contributed by atoms with Crippen LogP contribution >= 0.6 is 23.2 Å². The average molecular weight is 393 g/mol. The average Bonchev–Trinajstić information content (AvgIpc) is 2.90. The number of amides is 1. The molecule has 0 aliphatic carbocycles. The summed E-state index contributed by atoms with van der Waals surface area (Å²) in [5, 5.41) is 1.04. The minimum Gasteiger partial charge on any atom is -0.489 e. The Morgan fingerprint density at radius 1 is 0.923 bits per heavy atom. The first kappa shape index (κ1) is 19.0. The predicted molar refractivity (Wildman–Crippen MR) is 105 cm³/mol. The predicted octanol–water partition coefficient (Wildman–Crippen LogP) is 4.22. The Morgan fingerprint density at radius 2 is 1.65 bits per heavy atom. The van der Waals surface area contributed by atoms with Crippen molar-refractivity contribution in [3.05, 3.63) is 64.1 Å². The fourth-order valence-electron chi connectivity index (χ4n) is 3.06. The van der Waals surface area contributed by atoms with Crippen molar-refractivity contribution >= 4 is 29.1 Å². The molecule has 1 heterocycles. The van der Waals surface area contributed by atoms with Gasteiger partial charge in [-0.3, -0.25) is 9.69 Å². The van der Waals surface area contributed by atoms with Crippen molar-refractivity contribution in [3.8, 4) is 5.75 Å². The van der Waals surface area contributed by atoms with Crippen LogP contribution in [0.5, 0.6) is 5.75 Å². The summed E-state index contributed by atoms with van der Waals surface area (Å²) in [6, 6.07) is 14.8. The van der Waals surface area contributed by atoms with Gasteiger partial charge in [-0.1, -0.05) is 47.5 Å². The molecule has 1 aliphatic rings. The van der Waals surface area contributed by atoms with Gasteiger partial charge < -0.3 is 9.64 Å². The van der Waals surface area contributed by atoms with Crippen molar-refractivity contribution in [1.82, 2.24) is 9.80 Å². The largest absolute Gasteiger partial charge is 0.489 e. The molecule has 138 valence electrons.